The van der Waals surface area contributed by atoms with Gasteiger partial charge in [0.25, 0.3) is 5.56 Å². The maximum atomic E-state index is 12.9. The lowest BCUT2D eigenvalue weighted by molar-refractivity contribution is 0.414. The number of benzene rings is 1. The van der Waals surface area contributed by atoms with E-state index in [4.69, 9.17) is 10.5 Å². The second-order valence-corrected chi connectivity index (χ2v) is 5.38. The third kappa shape index (κ3) is 2.54. The second kappa shape index (κ2) is 6.19. The molecule has 0 atom stereocenters. The lowest BCUT2D eigenvalue weighted by atomic mass is 10.2. The van der Waals surface area contributed by atoms with Gasteiger partial charge in [-0.2, -0.15) is 0 Å². The number of nitrogen functional groups attached to an aromatic ring is 1. The Labute approximate surface area is 137 Å². The molecular formula is C17H18N4O3. The molecule has 124 valence electrons. The average Bonchev–Trinajstić information content (AvgIpc) is 2.59. The second-order valence-electron chi connectivity index (χ2n) is 5.38. The molecule has 1 aromatic carbocycles. The quantitative estimate of drug-likeness (QED) is 0.785. The molecule has 0 spiro atoms. The van der Waals surface area contributed by atoms with Crippen LogP contribution in [-0.4, -0.2) is 21.2 Å². The molecule has 0 fully saturated rings. The minimum atomic E-state index is -0.433. The van der Waals surface area contributed by atoms with Gasteiger partial charge in [0, 0.05) is 6.54 Å². The molecule has 0 aliphatic rings. The fraction of sp³-hybridized carbons (Fsp3) is 0.235. The number of fused-ring (bicyclic) bond motifs is 1. The van der Waals surface area contributed by atoms with Gasteiger partial charge >= 0.3 is 5.69 Å². The summed E-state index contributed by atoms with van der Waals surface area (Å²) in [4.78, 5) is 29.7. The van der Waals surface area contributed by atoms with E-state index >= 15 is 0 Å². The predicted octanol–water partition coefficient (Wildman–Crippen LogP) is 1.55. The number of aromatic nitrogens is 3. The normalized spacial score (nSPS) is 10.9. The van der Waals surface area contributed by atoms with Crippen LogP contribution in [0.1, 0.15) is 13.3 Å². The number of hydrogen-bond acceptors (Lipinski definition) is 5. The molecule has 0 saturated carbocycles. The highest BCUT2D eigenvalue weighted by Gasteiger charge is 2.15. The Balaban J connectivity index is 2.41. The molecule has 0 aliphatic carbocycles. The van der Waals surface area contributed by atoms with Crippen molar-refractivity contribution in [3.63, 3.8) is 0 Å². The molecule has 0 amide bonds. The van der Waals surface area contributed by atoms with E-state index in [0.29, 0.717) is 29.8 Å². The molecular weight excluding hydrogens is 308 g/mol. The zero-order valence-corrected chi connectivity index (χ0v) is 13.5. The van der Waals surface area contributed by atoms with E-state index in [1.54, 1.807) is 43.5 Å². The van der Waals surface area contributed by atoms with Crippen LogP contribution < -0.4 is 21.7 Å². The predicted molar refractivity (Wildman–Crippen MR) is 92.9 cm³/mol. The van der Waals surface area contributed by atoms with E-state index in [-0.39, 0.29) is 17.0 Å². The third-order valence-electron chi connectivity index (χ3n) is 3.78. The summed E-state index contributed by atoms with van der Waals surface area (Å²) in [5, 5.41) is 0.355. The molecule has 7 heteroatoms. The smallest absolute Gasteiger partial charge is 0.337 e. The summed E-state index contributed by atoms with van der Waals surface area (Å²) >= 11 is 0. The Morgan fingerprint density at radius 1 is 1.12 bits per heavy atom. The van der Waals surface area contributed by atoms with E-state index in [2.05, 4.69) is 4.98 Å². The number of hydrogen-bond donors (Lipinski definition) is 1. The van der Waals surface area contributed by atoms with Crippen LogP contribution in [0.3, 0.4) is 0 Å². The van der Waals surface area contributed by atoms with E-state index in [1.165, 1.54) is 9.13 Å². The van der Waals surface area contributed by atoms with Crippen molar-refractivity contribution >= 4 is 16.9 Å². The zero-order valence-electron chi connectivity index (χ0n) is 13.5. The molecule has 24 heavy (non-hydrogen) atoms. The third-order valence-corrected chi connectivity index (χ3v) is 3.78. The number of ether oxygens (including phenoxy) is 1. The van der Waals surface area contributed by atoms with Gasteiger partial charge in [-0.25, -0.2) is 14.3 Å². The van der Waals surface area contributed by atoms with Gasteiger partial charge in [0.15, 0.2) is 5.65 Å². The molecule has 3 rings (SSSR count). The highest BCUT2D eigenvalue weighted by molar-refractivity contribution is 5.77. The Hall–Kier alpha value is -3.09. The van der Waals surface area contributed by atoms with Crippen LogP contribution in [0.5, 0.6) is 5.75 Å². The molecule has 0 saturated heterocycles. The number of anilines is 1. The van der Waals surface area contributed by atoms with Gasteiger partial charge in [-0.3, -0.25) is 9.36 Å². The van der Waals surface area contributed by atoms with Crippen molar-refractivity contribution in [3.8, 4) is 11.4 Å². The van der Waals surface area contributed by atoms with Crippen molar-refractivity contribution in [1.29, 1.82) is 0 Å². The summed E-state index contributed by atoms with van der Waals surface area (Å²) in [7, 11) is 1.57. The molecule has 0 unspecified atom stereocenters. The van der Waals surface area contributed by atoms with E-state index in [0.717, 1.165) is 0 Å². The van der Waals surface area contributed by atoms with Crippen LogP contribution in [0.2, 0.25) is 0 Å². The van der Waals surface area contributed by atoms with Gasteiger partial charge in [0.2, 0.25) is 0 Å². The van der Waals surface area contributed by atoms with Crippen molar-refractivity contribution in [1.82, 2.24) is 14.1 Å². The Kier molecular flexibility index (Phi) is 4.07. The molecule has 3 aromatic rings. The Morgan fingerprint density at radius 3 is 2.46 bits per heavy atom. The fourth-order valence-corrected chi connectivity index (χ4v) is 2.63. The first kappa shape index (κ1) is 15.8. The standard InChI is InChI=1S/C17H18N4O3/c1-3-10-20-16(22)13-8-9-14(18)19-15(13)21(17(20)23)11-4-6-12(24-2)7-5-11/h4-9H,3,10H2,1-2H3,(H2,18,19). The van der Waals surface area contributed by atoms with Crippen LogP contribution in [0.25, 0.3) is 16.7 Å². The Bertz CT molecular complexity index is 1000. The van der Waals surface area contributed by atoms with Crippen molar-refractivity contribution in [2.45, 2.75) is 19.9 Å². The van der Waals surface area contributed by atoms with Gasteiger partial charge in [0.1, 0.15) is 11.6 Å². The number of rotatable bonds is 4. The summed E-state index contributed by atoms with van der Waals surface area (Å²) < 4.78 is 7.78. The van der Waals surface area contributed by atoms with E-state index < -0.39 is 5.69 Å². The number of pyridine rings is 1. The Morgan fingerprint density at radius 2 is 1.83 bits per heavy atom. The first-order chi connectivity index (χ1) is 11.6. The highest BCUT2D eigenvalue weighted by Crippen LogP contribution is 2.17. The molecule has 0 aliphatic heterocycles. The van der Waals surface area contributed by atoms with Crippen LogP contribution in [0, 0.1) is 0 Å². The SMILES string of the molecule is CCCn1c(=O)c2ccc(N)nc2n(-c2ccc(OC)cc2)c1=O. The summed E-state index contributed by atoms with van der Waals surface area (Å²) in [6.45, 7) is 2.25. The van der Waals surface area contributed by atoms with Crippen molar-refractivity contribution in [2.75, 3.05) is 12.8 Å². The molecule has 0 radical (unpaired) electrons. The number of nitrogens with zero attached hydrogens (tertiary/aromatic N) is 3. The fourth-order valence-electron chi connectivity index (χ4n) is 2.63. The van der Waals surface area contributed by atoms with Crippen LogP contribution in [0.4, 0.5) is 5.82 Å². The zero-order chi connectivity index (χ0) is 17.3. The summed E-state index contributed by atoms with van der Waals surface area (Å²) in [5.41, 5.74) is 5.82. The number of methoxy groups -OCH3 is 1. The minimum absolute atomic E-state index is 0.247. The maximum absolute atomic E-state index is 12.9. The first-order valence-electron chi connectivity index (χ1n) is 7.63. The largest absolute Gasteiger partial charge is 0.497 e. The molecule has 7 nitrogen and oxygen atoms in total. The topological polar surface area (TPSA) is 92.1 Å². The molecule has 2 N–H and O–H groups in total. The lowest BCUT2D eigenvalue weighted by Crippen LogP contribution is -2.39. The summed E-state index contributed by atoms with van der Waals surface area (Å²) in [6, 6.07) is 10.1. The van der Waals surface area contributed by atoms with E-state index in [9.17, 15) is 9.59 Å². The first-order valence-corrected chi connectivity index (χ1v) is 7.63. The van der Waals surface area contributed by atoms with Crippen molar-refractivity contribution in [3.05, 3.63) is 57.2 Å². The molecule has 0 bridgehead atoms. The molecule has 2 aromatic heterocycles. The van der Waals surface area contributed by atoms with Gasteiger partial charge in [-0.15, -0.1) is 0 Å². The summed E-state index contributed by atoms with van der Waals surface area (Å²) in [5.74, 6) is 0.919. The van der Waals surface area contributed by atoms with Gasteiger partial charge in [0.05, 0.1) is 18.2 Å². The molecule has 2 heterocycles. The van der Waals surface area contributed by atoms with Crippen molar-refractivity contribution < 1.29 is 4.74 Å². The lowest BCUT2D eigenvalue weighted by Gasteiger charge is -2.13. The van der Waals surface area contributed by atoms with Gasteiger partial charge < -0.3 is 10.5 Å². The minimum Gasteiger partial charge on any atom is -0.497 e. The highest BCUT2D eigenvalue weighted by atomic mass is 16.5. The van der Waals surface area contributed by atoms with Crippen LogP contribution in [-0.2, 0) is 6.54 Å². The van der Waals surface area contributed by atoms with Crippen LogP contribution in [0.15, 0.2) is 46.0 Å². The van der Waals surface area contributed by atoms with Gasteiger partial charge in [-0.1, -0.05) is 6.92 Å². The number of nitrogens with two attached hydrogens (primary N) is 1. The van der Waals surface area contributed by atoms with Crippen molar-refractivity contribution in [2.24, 2.45) is 0 Å². The van der Waals surface area contributed by atoms with Crippen LogP contribution >= 0.6 is 0 Å². The summed E-state index contributed by atoms with van der Waals surface area (Å²) in [6.07, 6.45) is 0.672. The monoisotopic (exact) mass is 326 g/mol. The van der Waals surface area contributed by atoms with Gasteiger partial charge in [-0.05, 0) is 42.8 Å². The maximum Gasteiger partial charge on any atom is 0.337 e. The average molecular weight is 326 g/mol. The van der Waals surface area contributed by atoms with E-state index in [1.807, 2.05) is 6.92 Å².